The minimum absolute atomic E-state index is 0.243. The average molecular weight is 274 g/mol. The van der Waals surface area contributed by atoms with Gasteiger partial charge in [-0.2, -0.15) is 0 Å². The van der Waals surface area contributed by atoms with Crippen molar-refractivity contribution in [2.75, 3.05) is 0 Å². The summed E-state index contributed by atoms with van der Waals surface area (Å²) in [5, 5.41) is 10.5. The van der Waals surface area contributed by atoms with Crippen LogP contribution < -0.4 is 0 Å². The lowest BCUT2D eigenvalue weighted by Crippen LogP contribution is -2.46. The maximum Gasteiger partial charge on any atom is 0.123 e. The first-order valence-electron chi connectivity index (χ1n) is 8.05. The molecule has 4 fully saturated rings. The molecule has 0 saturated heterocycles. The van der Waals surface area contributed by atoms with Crippen LogP contribution >= 0.6 is 0 Å². The van der Waals surface area contributed by atoms with Crippen molar-refractivity contribution in [3.8, 4) is 0 Å². The zero-order chi connectivity index (χ0) is 13.7. The van der Waals surface area contributed by atoms with E-state index in [1.165, 1.54) is 50.7 Å². The average Bonchev–Trinajstić information content (AvgIpc) is 2.36. The standard InChI is InChI=1S/C18H23FO/c19-16-3-1-2-15(7-16)17(20)11-18-8-12-4-13(9-18)6-14(5-12)10-18/h1-3,7,12-14,17,20H,4-6,8-11H2. The number of hydrogen-bond donors (Lipinski definition) is 1. The summed E-state index contributed by atoms with van der Waals surface area (Å²) in [6.07, 6.45) is 8.50. The van der Waals surface area contributed by atoms with Gasteiger partial charge in [0.1, 0.15) is 5.82 Å². The third-order valence-electron chi connectivity index (χ3n) is 6.02. The van der Waals surface area contributed by atoms with Gasteiger partial charge < -0.3 is 5.11 Å². The Hall–Kier alpha value is -0.890. The molecule has 0 heterocycles. The summed E-state index contributed by atoms with van der Waals surface area (Å²) in [6, 6.07) is 6.49. The van der Waals surface area contributed by atoms with Gasteiger partial charge in [0.15, 0.2) is 0 Å². The van der Waals surface area contributed by atoms with Crippen molar-refractivity contribution in [1.29, 1.82) is 0 Å². The van der Waals surface area contributed by atoms with E-state index in [0.29, 0.717) is 5.41 Å². The zero-order valence-electron chi connectivity index (χ0n) is 11.9. The smallest absolute Gasteiger partial charge is 0.123 e. The van der Waals surface area contributed by atoms with E-state index in [1.54, 1.807) is 6.07 Å². The topological polar surface area (TPSA) is 20.2 Å². The molecular weight excluding hydrogens is 251 g/mol. The van der Waals surface area contributed by atoms with E-state index in [0.717, 1.165) is 29.7 Å². The highest BCUT2D eigenvalue weighted by atomic mass is 19.1. The quantitative estimate of drug-likeness (QED) is 0.862. The van der Waals surface area contributed by atoms with Crippen LogP contribution in [0.25, 0.3) is 0 Å². The lowest BCUT2D eigenvalue weighted by atomic mass is 9.48. The molecule has 1 nitrogen and oxygen atoms in total. The second kappa shape index (κ2) is 4.56. The first-order chi connectivity index (χ1) is 9.62. The van der Waals surface area contributed by atoms with Crippen molar-refractivity contribution in [3.05, 3.63) is 35.6 Å². The molecule has 0 amide bonds. The fraction of sp³-hybridized carbons (Fsp3) is 0.667. The molecule has 0 aromatic heterocycles. The Labute approximate surface area is 120 Å². The van der Waals surface area contributed by atoms with E-state index in [4.69, 9.17) is 0 Å². The predicted molar refractivity (Wildman–Crippen MR) is 76.6 cm³/mol. The normalized spacial score (nSPS) is 40.0. The van der Waals surface area contributed by atoms with Crippen LogP contribution in [0.4, 0.5) is 4.39 Å². The molecule has 1 aromatic rings. The Bertz CT molecular complexity index is 475. The lowest BCUT2D eigenvalue weighted by molar-refractivity contribution is -0.0764. The van der Waals surface area contributed by atoms with Crippen molar-refractivity contribution >= 4 is 0 Å². The van der Waals surface area contributed by atoms with E-state index in [2.05, 4.69) is 0 Å². The highest BCUT2D eigenvalue weighted by Crippen LogP contribution is 2.62. The Morgan fingerprint density at radius 3 is 2.25 bits per heavy atom. The summed E-state index contributed by atoms with van der Waals surface area (Å²) in [5.41, 5.74) is 1.10. The van der Waals surface area contributed by atoms with Crippen molar-refractivity contribution in [2.24, 2.45) is 23.2 Å². The number of aliphatic hydroxyl groups excluding tert-OH is 1. The van der Waals surface area contributed by atoms with Crippen molar-refractivity contribution in [1.82, 2.24) is 0 Å². The largest absolute Gasteiger partial charge is 0.388 e. The molecule has 108 valence electrons. The van der Waals surface area contributed by atoms with Crippen LogP contribution in [0.5, 0.6) is 0 Å². The van der Waals surface area contributed by atoms with Gasteiger partial charge in [-0.1, -0.05) is 12.1 Å². The first-order valence-corrected chi connectivity index (χ1v) is 8.05. The fourth-order valence-electron chi connectivity index (χ4n) is 5.78. The number of halogens is 1. The van der Waals surface area contributed by atoms with E-state index >= 15 is 0 Å². The van der Waals surface area contributed by atoms with Crippen molar-refractivity contribution < 1.29 is 9.50 Å². The summed E-state index contributed by atoms with van der Waals surface area (Å²) >= 11 is 0. The molecule has 4 bridgehead atoms. The van der Waals surface area contributed by atoms with Gasteiger partial charge in [-0.05, 0) is 85.8 Å². The molecule has 5 rings (SSSR count). The summed E-state index contributed by atoms with van der Waals surface area (Å²) in [4.78, 5) is 0. The van der Waals surface area contributed by atoms with Gasteiger partial charge in [-0.3, -0.25) is 0 Å². The number of rotatable bonds is 3. The van der Waals surface area contributed by atoms with E-state index in [9.17, 15) is 9.50 Å². The van der Waals surface area contributed by atoms with Crippen LogP contribution in [0, 0.1) is 29.0 Å². The maximum atomic E-state index is 13.3. The minimum Gasteiger partial charge on any atom is -0.388 e. The van der Waals surface area contributed by atoms with Gasteiger partial charge in [-0.15, -0.1) is 0 Å². The van der Waals surface area contributed by atoms with Gasteiger partial charge in [-0.25, -0.2) is 4.39 Å². The molecule has 20 heavy (non-hydrogen) atoms. The molecule has 1 aromatic carbocycles. The Morgan fingerprint density at radius 1 is 1.10 bits per heavy atom. The van der Waals surface area contributed by atoms with Crippen LogP contribution in [0.1, 0.15) is 56.6 Å². The van der Waals surface area contributed by atoms with Crippen LogP contribution in [0.3, 0.4) is 0 Å². The minimum atomic E-state index is -0.498. The summed E-state index contributed by atoms with van der Waals surface area (Å²) in [6.45, 7) is 0. The van der Waals surface area contributed by atoms with Gasteiger partial charge in [0, 0.05) is 0 Å². The molecule has 4 aliphatic carbocycles. The van der Waals surface area contributed by atoms with E-state index in [1.807, 2.05) is 6.07 Å². The number of hydrogen-bond acceptors (Lipinski definition) is 1. The first kappa shape index (κ1) is 12.8. The van der Waals surface area contributed by atoms with Crippen LogP contribution in [0.2, 0.25) is 0 Å². The molecule has 1 N–H and O–H groups in total. The molecule has 4 saturated carbocycles. The van der Waals surface area contributed by atoms with Crippen molar-refractivity contribution in [2.45, 2.75) is 51.0 Å². The molecule has 2 heteroatoms. The molecule has 0 aliphatic heterocycles. The van der Waals surface area contributed by atoms with E-state index in [-0.39, 0.29) is 5.82 Å². The lowest BCUT2D eigenvalue weighted by Gasteiger charge is -2.57. The highest BCUT2D eigenvalue weighted by Gasteiger charge is 2.51. The predicted octanol–water partition coefficient (Wildman–Crippen LogP) is 4.47. The zero-order valence-corrected chi connectivity index (χ0v) is 11.9. The van der Waals surface area contributed by atoms with Crippen LogP contribution in [-0.4, -0.2) is 5.11 Å². The number of aliphatic hydroxyl groups is 1. The monoisotopic (exact) mass is 274 g/mol. The summed E-state index contributed by atoms with van der Waals surface area (Å²) in [5.74, 6) is 2.47. The Kier molecular flexibility index (Phi) is 2.92. The second-order valence-electron chi connectivity index (χ2n) is 7.69. The third-order valence-corrected chi connectivity index (χ3v) is 6.02. The molecule has 0 radical (unpaired) electrons. The van der Waals surface area contributed by atoms with Gasteiger partial charge in [0.05, 0.1) is 6.10 Å². The fourth-order valence-corrected chi connectivity index (χ4v) is 5.78. The Morgan fingerprint density at radius 2 is 1.70 bits per heavy atom. The highest BCUT2D eigenvalue weighted by molar-refractivity contribution is 5.19. The number of benzene rings is 1. The molecule has 4 aliphatic rings. The molecule has 1 unspecified atom stereocenters. The van der Waals surface area contributed by atoms with Crippen molar-refractivity contribution in [3.63, 3.8) is 0 Å². The molecule has 1 atom stereocenters. The third kappa shape index (κ3) is 2.18. The second-order valence-corrected chi connectivity index (χ2v) is 7.69. The van der Waals surface area contributed by atoms with Crippen LogP contribution in [0.15, 0.2) is 24.3 Å². The van der Waals surface area contributed by atoms with Crippen LogP contribution in [-0.2, 0) is 0 Å². The SMILES string of the molecule is OC(CC12CC3CC(CC(C3)C1)C2)c1cccc(F)c1. The maximum absolute atomic E-state index is 13.3. The van der Waals surface area contributed by atoms with E-state index < -0.39 is 6.10 Å². The summed E-state index contributed by atoms with van der Waals surface area (Å²) in [7, 11) is 0. The molecular formula is C18H23FO. The summed E-state index contributed by atoms with van der Waals surface area (Å²) < 4.78 is 13.3. The Balaban J connectivity index is 1.53. The van der Waals surface area contributed by atoms with Gasteiger partial charge >= 0.3 is 0 Å². The van der Waals surface area contributed by atoms with Gasteiger partial charge in [0.25, 0.3) is 0 Å². The van der Waals surface area contributed by atoms with Gasteiger partial charge in [0.2, 0.25) is 0 Å². The molecule has 0 spiro atoms.